The molecule has 22 heavy (non-hydrogen) atoms. The van der Waals surface area contributed by atoms with E-state index in [-0.39, 0.29) is 11.7 Å². The summed E-state index contributed by atoms with van der Waals surface area (Å²) in [7, 11) is 1.61. The van der Waals surface area contributed by atoms with Gasteiger partial charge in [0.05, 0.1) is 7.11 Å². The Morgan fingerprint density at radius 3 is 2.50 bits per heavy atom. The topological polar surface area (TPSA) is 84.3 Å². The Bertz CT molecular complexity index is 654. The molecule has 6 heteroatoms. The average Bonchev–Trinajstić information content (AvgIpc) is 2.47. The monoisotopic (exact) mass is 301 g/mol. The van der Waals surface area contributed by atoms with Crippen molar-refractivity contribution in [2.45, 2.75) is 26.3 Å². The first kappa shape index (κ1) is 15.8. The summed E-state index contributed by atoms with van der Waals surface area (Å²) >= 11 is 0. The summed E-state index contributed by atoms with van der Waals surface area (Å²) in [6.07, 6.45) is 0.456. The van der Waals surface area contributed by atoms with Gasteiger partial charge in [-0.3, -0.25) is 0 Å². The highest BCUT2D eigenvalue weighted by atomic mass is 16.5. The molecule has 0 amide bonds. The lowest BCUT2D eigenvalue weighted by atomic mass is 10.1. The Balaban J connectivity index is 2.27. The van der Waals surface area contributed by atoms with Gasteiger partial charge >= 0.3 is 5.97 Å². The van der Waals surface area contributed by atoms with Gasteiger partial charge in [0.2, 0.25) is 0 Å². The first-order valence-electron chi connectivity index (χ1n) is 6.98. The number of carboxylic acids is 1. The Kier molecular flexibility index (Phi) is 4.93. The lowest BCUT2D eigenvalue weighted by Crippen LogP contribution is -2.14. The van der Waals surface area contributed by atoms with E-state index in [4.69, 9.17) is 9.84 Å². The average molecular weight is 301 g/mol. The number of benzene rings is 1. The number of rotatable bonds is 6. The van der Waals surface area contributed by atoms with E-state index < -0.39 is 5.97 Å². The third-order valence-corrected chi connectivity index (χ3v) is 2.95. The number of aromatic carboxylic acids is 1. The summed E-state index contributed by atoms with van der Waals surface area (Å²) in [6, 6.07) is 9.12. The van der Waals surface area contributed by atoms with E-state index in [0.717, 1.165) is 11.3 Å². The van der Waals surface area contributed by atoms with E-state index in [1.807, 2.05) is 38.1 Å². The van der Waals surface area contributed by atoms with Gasteiger partial charge in [0.1, 0.15) is 17.4 Å². The van der Waals surface area contributed by atoms with Crippen molar-refractivity contribution in [2.75, 3.05) is 12.4 Å². The molecular weight excluding hydrogens is 282 g/mol. The van der Waals surface area contributed by atoms with Gasteiger partial charge in [-0.1, -0.05) is 12.1 Å². The minimum Gasteiger partial charge on any atom is -0.497 e. The van der Waals surface area contributed by atoms with Crippen molar-refractivity contribution in [3.63, 3.8) is 0 Å². The molecule has 116 valence electrons. The summed E-state index contributed by atoms with van der Waals surface area (Å²) in [5.74, 6) is 0.690. The molecule has 2 N–H and O–H groups in total. The lowest BCUT2D eigenvalue weighted by molar-refractivity contribution is 0.0690. The van der Waals surface area contributed by atoms with Crippen LogP contribution in [0.15, 0.2) is 30.3 Å². The van der Waals surface area contributed by atoms with Crippen LogP contribution >= 0.6 is 0 Å². The second kappa shape index (κ2) is 6.89. The molecule has 0 radical (unpaired) electrons. The van der Waals surface area contributed by atoms with Crippen LogP contribution in [-0.4, -0.2) is 34.2 Å². The lowest BCUT2D eigenvalue weighted by Gasteiger charge is -2.11. The van der Waals surface area contributed by atoms with Crippen molar-refractivity contribution in [2.24, 2.45) is 0 Å². The highest BCUT2D eigenvalue weighted by molar-refractivity contribution is 5.86. The molecule has 2 rings (SSSR count). The summed E-state index contributed by atoms with van der Waals surface area (Å²) in [5.41, 5.74) is 0.973. The predicted octanol–water partition coefficient (Wildman–Crippen LogP) is 2.59. The molecule has 0 fully saturated rings. The van der Waals surface area contributed by atoms with E-state index in [1.165, 1.54) is 6.07 Å². The molecule has 0 aliphatic heterocycles. The number of nitrogens with zero attached hydrogens (tertiary/aromatic N) is 2. The van der Waals surface area contributed by atoms with Gasteiger partial charge in [0, 0.05) is 18.5 Å². The minimum atomic E-state index is -1.06. The van der Waals surface area contributed by atoms with Crippen LogP contribution in [0.5, 0.6) is 5.75 Å². The van der Waals surface area contributed by atoms with Crippen molar-refractivity contribution in [1.82, 2.24) is 9.97 Å². The standard InChI is InChI=1S/C16H19N3O3/c1-10(2)17-15-9-13(16(20)21)18-14(19-15)8-11-4-6-12(22-3)7-5-11/h4-7,9-10H,8H2,1-3H3,(H,20,21)(H,17,18,19). The van der Waals surface area contributed by atoms with E-state index in [0.29, 0.717) is 18.1 Å². The molecule has 0 atom stereocenters. The largest absolute Gasteiger partial charge is 0.497 e. The maximum absolute atomic E-state index is 11.2. The molecule has 0 bridgehead atoms. The first-order valence-corrected chi connectivity index (χ1v) is 6.98. The van der Waals surface area contributed by atoms with Crippen LogP contribution in [0.1, 0.15) is 35.7 Å². The number of hydrogen-bond donors (Lipinski definition) is 2. The fourth-order valence-electron chi connectivity index (χ4n) is 1.98. The predicted molar refractivity (Wildman–Crippen MR) is 83.6 cm³/mol. The van der Waals surface area contributed by atoms with Gasteiger partial charge in [0.15, 0.2) is 5.69 Å². The zero-order valence-corrected chi connectivity index (χ0v) is 12.8. The number of hydrogen-bond acceptors (Lipinski definition) is 5. The number of nitrogens with one attached hydrogen (secondary N) is 1. The van der Waals surface area contributed by atoms with Crippen molar-refractivity contribution >= 4 is 11.8 Å². The van der Waals surface area contributed by atoms with Gasteiger partial charge in [-0.25, -0.2) is 14.8 Å². The normalized spacial score (nSPS) is 10.5. The molecule has 0 saturated heterocycles. The Morgan fingerprint density at radius 1 is 1.27 bits per heavy atom. The van der Waals surface area contributed by atoms with Gasteiger partial charge in [-0.2, -0.15) is 0 Å². The van der Waals surface area contributed by atoms with Crippen LogP contribution in [0.4, 0.5) is 5.82 Å². The van der Waals surface area contributed by atoms with E-state index in [1.54, 1.807) is 7.11 Å². The molecule has 1 aromatic carbocycles. The van der Waals surface area contributed by atoms with Crippen molar-refractivity contribution in [1.29, 1.82) is 0 Å². The summed E-state index contributed by atoms with van der Waals surface area (Å²) in [4.78, 5) is 19.7. The Labute approximate surface area is 129 Å². The maximum Gasteiger partial charge on any atom is 0.354 e. The number of methoxy groups -OCH3 is 1. The summed E-state index contributed by atoms with van der Waals surface area (Å²) < 4.78 is 5.11. The molecular formula is C16H19N3O3. The molecule has 0 aliphatic rings. The summed E-state index contributed by atoms with van der Waals surface area (Å²) in [5, 5.41) is 12.3. The van der Waals surface area contributed by atoms with Gasteiger partial charge in [-0.15, -0.1) is 0 Å². The molecule has 0 unspecified atom stereocenters. The van der Waals surface area contributed by atoms with Gasteiger partial charge in [0.25, 0.3) is 0 Å². The van der Waals surface area contributed by atoms with Crippen molar-refractivity contribution < 1.29 is 14.6 Å². The van der Waals surface area contributed by atoms with Crippen LogP contribution in [0.3, 0.4) is 0 Å². The fourth-order valence-corrected chi connectivity index (χ4v) is 1.98. The van der Waals surface area contributed by atoms with Crippen LogP contribution in [0.2, 0.25) is 0 Å². The highest BCUT2D eigenvalue weighted by Crippen LogP contribution is 2.15. The number of anilines is 1. The maximum atomic E-state index is 11.2. The third kappa shape index (κ3) is 4.18. The second-order valence-corrected chi connectivity index (χ2v) is 5.18. The SMILES string of the molecule is COc1ccc(Cc2nc(NC(C)C)cc(C(=O)O)n2)cc1. The summed E-state index contributed by atoms with van der Waals surface area (Å²) in [6.45, 7) is 3.93. The van der Waals surface area contributed by atoms with Crippen LogP contribution in [-0.2, 0) is 6.42 Å². The van der Waals surface area contributed by atoms with Crippen molar-refractivity contribution in [3.8, 4) is 5.75 Å². The molecule has 0 saturated carbocycles. The molecule has 0 aliphatic carbocycles. The zero-order valence-electron chi connectivity index (χ0n) is 12.8. The van der Waals surface area contributed by atoms with E-state index in [9.17, 15) is 4.79 Å². The molecule has 0 spiro atoms. The van der Waals surface area contributed by atoms with Crippen molar-refractivity contribution in [3.05, 3.63) is 47.4 Å². The number of carboxylic acid groups (broad SMARTS) is 1. The number of ether oxygens (including phenoxy) is 1. The van der Waals surface area contributed by atoms with Crippen LogP contribution in [0.25, 0.3) is 0 Å². The number of carbonyl (C=O) groups is 1. The quantitative estimate of drug-likeness (QED) is 0.853. The van der Waals surface area contributed by atoms with E-state index in [2.05, 4.69) is 15.3 Å². The smallest absolute Gasteiger partial charge is 0.354 e. The number of aromatic nitrogens is 2. The third-order valence-electron chi connectivity index (χ3n) is 2.95. The molecule has 1 aromatic heterocycles. The fraction of sp³-hybridized carbons (Fsp3) is 0.312. The first-order chi connectivity index (χ1) is 10.5. The zero-order chi connectivity index (χ0) is 16.1. The minimum absolute atomic E-state index is 0.0124. The molecule has 1 heterocycles. The second-order valence-electron chi connectivity index (χ2n) is 5.18. The molecule has 6 nitrogen and oxygen atoms in total. The van der Waals surface area contributed by atoms with E-state index >= 15 is 0 Å². The van der Waals surface area contributed by atoms with Gasteiger partial charge < -0.3 is 15.2 Å². The van der Waals surface area contributed by atoms with Crippen LogP contribution in [0, 0.1) is 0 Å². The Morgan fingerprint density at radius 2 is 1.95 bits per heavy atom. The molecule has 2 aromatic rings. The highest BCUT2D eigenvalue weighted by Gasteiger charge is 2.11. The van der Waals surface area contributed by atoms with Gasteiger partial charge in [-0.05, 0) is 31.5 Å². The Hall–Kier alpha value is -2.63. The van der Waals surface area contributed by atoms with Crippen LogP contribution < -0.4 is 10.1 Å².